The zero-order valence-corrected chi connectivity index (χ0v) is 16.4. The van der Waals surface area contributed by atoms with Crippen molar-refractivity contribution in [2.24, 2.45) is 7.05 Å². The molecule has 2 aromatic heterocycles. The second-order valence-electron chi connectivity index (χ2n) is 7.21. The SMILES string of the molecule is Cn1nc(-c2ccc(F)cc2)cc1C(=O)N1CCC(Oc2cc(C(F)(F)F)ccn2)C1. The summed E-state index contributed by atoms with van der Waals surface area (Å²) in [4.78, 5) is 18.3. The summed E-state index contributed by atoms with van der Waals surface area (Å²) in [5, 5.41) is 4.32. The lowest BCUT2D eigenvalue weighted by molar-refractivity contribution is -0.137. The van der Waals surface area contributed by atoms with Crippen LogP contribution in [0.15, 0.2) is 48.7 Å². The van der Waals surface area contributed by atoms with Crippen LogP contribution in [0, 0.1) is 5.82 Å². The summed E-state index contributed by atoms with van der Waals surface area (Å²) in [5.41, 5.74) is 0.712. The molecule has 1 atom stereocenters. The van der Waals surface area contributed by atoms with Crippen LogP contribution in [0.4, 0.5) is 17.6 Å². The van der Waals surface area contributed by atoms with E-state index in [9.17, 15) is 22.4 Å². The van der Waals surface area contributed by atoms with Gasteiger partial charge in [-0.05, 0) is 36.4 Å². The Kier molecular flexibility index (Phi) is 5.38. The highest BCUT2D eigenvalue weighted by Crippen LogP contribution is 2.31. The van der Waals surface area contributed by atoms with Crippen molar-refractivity contribution in [3.8, 4) is 17.1 Å². The highest BCUT2D eigenvalue weighted by molar-refractivity contribution is 5.94. The van der Waals surface area contributed by atoms with Gasteiger partial charge in [0, 0.05) is 37.8 Å². The molecule has 4 rings (SSSR count). The number of amides is 1. The topological polar surface area (TPSA) is 60.2 Å². The molecular formula is C21H18F4N4O2. The number of aryl methyl sites for hydroxylation is 1. The van der Waals surface area contributed by atoms with Crippen molar-refractivity contribution < 1.29 is 27.1 Å². The van der Waals surface area contributed by atoms with E-state index >= 15 is 0 Å². The molecule has 1 unspecified atom stereocenters. The Morgan fingerprint density at radius 1 is 1.16 bits per heavy atom. The maximum atomic E-state index is 13.1. The molecule has 1 aromatic carbocycles. The molecule has 1 fully saturated rings. The maximum Gasteiger partial charge on any atom is 0.416 e. The average molecular weight is 434 g/mol. The van der Waals surface area contributed by atoms with Crippen LogP contribution in [0.2, 0.25) is 0 Å². The monoisotopic (exact) mass is 434 g/mol. The minimum absolute atomic E-state index is 0.131. The second-order valence-corrected chi connectivity index (χ2v) is 7.21. The highest BCUT2D eigenvalue weighted by atomic mass is 19.4. The predicted octanol–water partition coefficient (Wildman–Crippen LogP) is 3.93. The number of ether oxygens (including phenoxy) is 1. The van der Waals surface area contributed by atoms with Crippen molar-refractivity contribution in [2.75, 3.05) is 13.1 Å². The number of alkyl halides is 3. The van der Waals surface area contributed by atoms with Crippen molar-refractivity contribution in [3.63, 3.8) is 0 Å². The molecule has 0 N–H and O–H groups in total. The smallest absolute Gasteiger partial charge is 0.416 e. The third-order valence-corrected chi connectivity index (χ3v) is 5.02. The summed E-state index contributed by atoms with van der Waals surface area (Å²) in [6, 6.07) is 9.13. The molecular weight excluding hydrogens is 416 g/mol. The second kappa shape index (κ2) is 8.01. The summed E-state index contributed by atoms with van der Waals surface area (Å²) < 4.78 is 58.7. The number of hydrogen-bond acceptors (Lipinski definition) is 4. The van der Waals surface area contributed by atoms with Gasteiger partial charge in [-0.3, -0.25) is 9.48 Å². The molecule has 0 bridgehead atoms. The Bertz CT molecular complexity index is 1100. The number of likely N-dealkylation sites (tertiary alicyclic amines) is 1. The molecule has 10 heteroatoms. The van der Waals surface area contributed by atoms with Crippen LogP contribution in [0.25, 0.3) is 11.3 Å². The zero-order valence-electron chi connectivity index (χ0n) is 16.4. The van der Waals surface area contributed by atoms with Crippen LogP contribution in [0.3, 0.4) is 0 Å². The largest absolute Gasteiger partial charge is 0.472 e. The van der Waals surface area contributed by atoms with Gasteiger partial charge in [-0.25, -0.2) is 9.37 Å². The first kappa shape index (κ1) is 20.8. The van der Waals surface area contributed by atoms with E-state index in [1.54, 1.807) is 30.1 Å². The molecule has 0 spiro atoms. The van der Waals surface area contributed by atoms with Gasteiger partial charge >= 0.3 is 6.18 Å². The lowest BCUT2D eigenvalue weighted by Crippen LogP contribution is -2.32. The Balaban J connectivity index is 1.44. The Morgan fingerprint density at radius 3 is 2.61 bits per heavy atom. The summed E-state index contributed by atoms with van der Waals surface area (Å²) >= 11 is 0. The van der Waals surface area contributed by atoms with Crippen LogP contribution in [0.1, 0.15) is 22.5 Å². The zero-order chi connectivity index (χ0) is 22.2. The number of carbonyl (C=O) groups excluding carboxylic acids is 1. The van der Waals surface area contributed by atoms with Gasteiger partial charge in [0.25, 0.3) is 5.91 Å². The van der Waals surface area contributed by atoms with E-state index in [1.807, 2.05) is 0 Å². The van der Waals surface area contributed by atoms with E-state index in [0.717, 1.165) is 18.3 Å². The quantitative estimate of drug-likeness (QED) is 0.584. The third kappa shape index (κ3) is 4.52. The van der Waals surface area contributed by atoms with E-state index in [1.165, 1.54) is 16.8 Å². The van der Waals surface area contributed by atoms with Gasteiger partial charge in [0.1, 0.15) is 17.6 Å². The normalized spacial score (nSPS) is 16.5. The van der Waals surface area contributed by atoms with Crippen molar-refractivity contribution in [1.82, 2.24) is 19.7 Å². The molecule has 162 valence electrons. The van der Waals surface area contributed by atoms with Crippen LogP contribution < -0.4 is 4.74 Å². The molecule has 1 aliphatic heterocycles. The number of rotatable bonds is 4. The number of pyridine rings is 1. The minimum atomic E-state index is -4.49. The van der Waals surface area contributed by atoms with Crippen LogP contribution >= 0.6 is 0 Å². The fourth-order valence-corrected chi connectivity index (χ4v) is 3.42. The molecule has 1 saturated heterocycles. The van der Waals surface area contributed by atoms with Gasteiger partial charge in [0.15, 0.2) is 0 Å². The van der Waals surface area contributed by atoms with Crippen molar-refractivity contribution in [2.45, 2.75) is 18.7 Å². The molecule has 31 heavy (non-hydrogen) atoms. The van der Waals surface area contributed by atoms with Gasteiger partial charge in [0.2, 0.25) is 5.88 Å². The van der Waals surface area contributed by atoms with E-state index in [2.05, 4.69) is 10.1 Å². The van der Waals surface area contributed by atoms with Crippen molar-refractivity contribution in [3.05, 3.63) is 65.7 Å². The van der Waals surface area contributed by atoms with Gasteiger partial charge in [-0.1, -0.05) is 0 Å². The fraction of sp³-hybridized carbons (Fsp3) is 0.286. The minimum Gasteiger partial charge on any atom is -0.472 e. The molecule has 0 radical (unpaired) electrons. The summed E-state index contributed by atoms with van der Waals surface area (Å²) in [6.45, 7) is 0.605. The molecule has 6 nitrogen and oxygen atoms in total. The van der Waals surface area contributed by atoms with E-state index in [0.29, 0.717) is 29.9 Å². The van der Waals surface area contributed by atoms with Gasteiger partial charge < -0.3 is 9.64 Å². The maximum absolute atomic E-state index is 13.1. The standard InChI is InChI=1S/C21H18F4N4O2/c1-28-18(11-17(27-28)13-2-4-15(22)5-3-13)20(30)29-9-7-16(12-29)31-19-10-14(6-8-26-19)21(23,24)25/h2-6,8,10-11,16H,7,9,12H2,1H3. The molecule has 1 amide bonds. The Labute approximate surface area is 175 Å². The first-order valence-electron chi connectivity index (χ1n) is 9.50. The van der Waals surface area contributed by atoms with E-state index in [4.69, 9.17) is 4.74 Å². The molecule has 0 saturated carbocycles. The molecule has 3 aromatic rings. The number of nitrogens with zero attached hydrogens (tertiary/aromatic N) is 4. The number of carbonyl (C=O) groups is 1. The third-order valence-electron chi connectivity index (χ3n) is 5.02. The summed E-state index contributed by atoms with van der Waals surface area (Å²) in [7, 11) is 1.64. The lowest BCUT2D eigenvalue weighted by atomic mass is 10.1. The lowest BCUT2D eigenvalue weighted by Gasteiger charge is -2.17. The summed E-state index contributed by atoms with van der Waals surface area (Å²) in [5.74, 6) is -0.769. The number of aromatic nitrogens is 3. The van der Waals surface area contributed by atoms with E-state index in [-0.39, 0.29) is 24.1 Å². The van der Waals surface area contributed by atoms with Gasteiger partial charge in [-0.15, -0.1) is 0 Å². The van der Waals surface area contributed by atoms with Gasteiger partial charge in [0.05, 0.1) is 17.8 Å². The Morgan fingerprint density at radius 2 is 1.90 bits per heavy atom. The summed E-state index contributed by atoms with van der Waals surface area (Å²) in [6.07, 6.45) is -3.44. The first-order valence-corrected chi connectivity index (χ1v) is 9.50. The van der Waals surface area contributed by atoms with Crippen molar-refractivity contribution >= 4 is 5.91 Å². The molecule has 3 heterocycles. The average Bonchev–Trinajstić information content (AvgIpc) is 3.34. The Hall–Kier alpha value is -3.43. The van der Waals surface area contributed by atoms with E-state index < -0.39 is 17.8 Å². The fourth-order valence-electron chi connectivity index (χ4n) is 3.42. The highest BCUT2D eigenvalue weighted by Gasteiger charge is 2.33. The molecule has 1 aliphatic rings. The number of benzene rings is 1. The van der Waals surface area contributed by atoms with Crippen LogP contribution in [-0.4, -0.2) is 44.8 Å². The predicted molar refractivity (Wildman–Crippen MR) is 103 cm³/mol. The van der Waals surface area contributed by atoms with Crippen molar-refractivity contribution in [1.29, 1.82) is 0 Å². The first-order chi connectivity index (χ1) is 14.7. The molecule has 0 aliphatic carbocycles. The van der Waals surface area contributed by atoms with Crippen LogP contribution in [0.5, 0.6) is 5.88 Å². The number of hydrogen-bond donors (Lipinski definition) is 0. The van der Waals surface area contributed by atoms with Crippen LogP contribution in [-0.2, 0) is 13.2 Å². The number of halogens is 4. The van der Waals surface area contributed by atoms with Gasteiger partial charge in [-0.2, -0.15) is 18.3 Å².